The van der Waals surface area contributed by atoms with Gasteiger partial charge in [0.2, 0.25) is 5.95 Å². The van der Waals surface area contributed by atoms with E-state index in [4.69, 9.17) is 5.73 Å². The monoisotopic (exact) mass is 180 g/mol. The molecule has 0 unspecified atom stereocenters. The minimum absolute atomic E-state index is 0.257. The third kappa shape index (κ3) is 1.45. The van der Waals surface area contributed by atoms with E-state index in [0.29, 0.717) is 12.4 Å². The van der Waals surface area contributed by atoms with E-state index in [1.54, 1.807) is 18.1 Å². The highest BCUT2D eigenvalue weighted by Crippen LogP contribution is 1.96. The third-order valence-electron chi connectivity index (χ3n) is 1.50. The fourth-order valence-corrected chi connectivity index (χ4v) is 0.914. The van der Waals surface area contributed by atoms with Gasteiger partial charge in [0.1, 0.15) is 12.9 Å². The van der Waals surface area contributed by atoms with Gasteiger partial charge in [-0.3, -0.25) is 4.68 Å². The quantitative estimate of drug-likeness (QED) is 0.599. The Kier molecular flexibility index (Phi) is 1.65. The maximum atomic E-state index is 5.46. The smallest absolute Gasteiger partial charge is 0.240 e. The van der Waals surface area contributed by atoms with Crippen LogP contribution in [0.3, 0.4) is 0 Å². The normalized spacial score (nSPS) is 10.5. The summed E-state index contributed by atoms with van der Waals surface area (Å²) in [6, 6.07) is 0. The number of tetrazole rings is 1. The highest BCUT2D eigenvalue weighted by molar-refractivity contribution is 5.11. The molecule has 0 saturated carbocycles. The van der Waals surface area contributed by atoms with Crippen LogP contribution in [-0.2, 0) is 13.6 Å². The number of rotatable bonds is 2. The minimum Gasteiger partial charge on any atom is -0.367 e. The first-order chi connectivity index (χ1) is 6.25. The van der Waals surface area contributed by atoms with E-state index in [0.717, 1.165) is 0 Å². The van der Waals surface area contributed by atoms with Crippen molar-refractivity contribution in [3.05, 3.63) is 12.2 Å². The Labute approximate surface area is 73.4 Å². The molecule has 2 N–H and O–H groups in total. The molecule has 0 atom stereocenters. The van der Waals surface area contributed by atoms with Crippen molar-refractivity contribution in [1.29, 1.82) is 0 Å². The number of hydrogen-bond donors (Lipinski definition) is 1. The van der Waals surface area contributed by atoms with Crippen molar-refractivity contribution in [1.82, 2.24) is 35.0 Å². The molecule has 68 valence electrons. The van der Waals surface area contributed by atoms with Crippen molar-refractivity contribution in [3.63, 3.8) is 0 Å². The summed E-state index contributed by atoms with van der Waals surface area (Å²) in [4.78, 5) is 4.01. The summed E-state index contributed by atoms with van der Waals surface area (Å²) in [6.45, 7) is 0.389. The van der Waals surface area contributed by atoms with Crippen LogP contribution in [0, 0.1) is 0 Å². The number of nitrogen functional groups attached to an aromatic ring is 1. The second-order valence-corrected chi connectivity index (χ2v) is 2.53. The molecule has 0 amide bonds. The lowest BCUT2D eigenvalue weighted by atomic mass is 10.6. The van der Waals surface area contributed by atoms with Crippen molar-refractivity contribution in [2.24, 2.45) is 7.05 Å². The molecule has 0 radical (unpaired) electrons. The average Bonchev–Trinajstić information content (AvgIpc) is 2.64. The predicted octanol–water partition coefficient (Wildman–Crippen LogP) is -1.57. The van der Waals surface area contributed by atoms with Crippen molar-refractivity contribution in [2.45, 2.75) is 6.54 Å². The molecule has 2 rings (SSSR count). The molecule has 2 heterocycles. The van der Waals surface area contributed by atoms with Crippen LogP contribution in [0.5, 0.6) is 0 Å². The van der Waals surface area contributed by atoms with Gasteiger partial charge in [-0.25, -0.2) is 9.67 Å². The summed E-state index contributed by atoms with van der Waals surface area (Å²) >= 11 is 0. The second kappa shape index (κ2) is 2.81. The summed E-state index contributed by atoms with van der Waals surface area (Å²) in [7, 11) is 1.79. The Morgan fingerprint density at radius 1 is 1.54 bits per heavy atom. The second-order valence-electron chi connectivity index (χ2n) is 2.53. The van der Waals surface area contributed by atoms with Crippen molar-refractivity contribution in [2.75, 3.05) is 5.73 Å². The van der Waals surface area contributed by atoms with Crippen molar-refractivity contribution in [3.8, 4) is 0 Å². The zero-order chi connectivity index (χ0) is 9.26. The summed E-state index contributed by atoms with van der Waals surface area (Å²) in [6.07, 6.45) is 1.61. The molecule has 0 bridgehead atoms. The molecule has 8 nitrogen and oxygen atoms in total. The largest absolute Gasteiger partial charge is 0.367 e. The van der Waals surface area contributed by atoms with Crippen LogP contribution in [0.25, 0.3) is 0 Å². The number of nitrogens with two attached hydrogens (primary N) is 1. The Bertz CT molecular complexity index is 400. The van der Waals surface area contributed by atoms with E-state index in [9.17, 15) is 0 Å². The molecular formula is C5H8N8. The summed E-state index contributed by atoms with van der Waals surface area (Å²) in [5, 5.41) is 14.7. The standard InChI is InChI=1S/C5H8N8/c1-12-3-7-4(9-12)2-13-5(6)8-10-11-13/h3H,2H2,1H3,(H2,6,8,11). The van der Waals surface area contributed by atoms with Crippen LogP contribution in [0.1, 0.15) is 5.82 Å². The summed E-state index contributed by atoms with van der Waals surface area (Å²) in [5.41, 5.74) is 5.46. The Morgan fingerprint density at radius 2 is 2.38 bits per heavy atom. The number of nitrogens with zero attached hydrogens (tertiary/aromatic N) is 7. The molecule has 2 aromatic heterocycles. The van der Waals surface area contributed by atoms with E-state index in [2.05, 4.69) is 25.6 Å². The fraction of sp³-hybridized carbons (Fsp3) is 0.400. The van der Waals surface area contributed by atoms with Gasteiger partial charge >= 0.3 is 0 Å². The molecule has 0 spiro atoms. The lowest BCUT2D eigenvalue weighted by Crippen LogP contribution is -2.08. The number of anilines is 1. The highest BCUT2D eigenvalue weighted by atomic mass is 15.6. The Balaban J connectivity index is 2.19. The van der Waals surface area contributed by atoms with Gasteiger partial charge in [-0.05, 0) is 10.4 Å². The molecule has 0 aliphatic rings. The molecule has 8 heteroatoms. The maximum absolute atomic E-state index is 5.46. The molecule has 0 saturated heterocycles. The summed E-state index contributed by atoms with van der Waals surface area (Å²) < 4.78 is 3.03. The van der Waals surface area contributed by atoms with Crippen molar-refractivity contribution < 1.29 is 0 Å². The van der Waals surface area contributed by atoms with Gasteiger partial charge in [0.05, 0.1) is 0 Å². The predicted molar refractivity (Wildman–Crippen MR) is 42.3 cm³/mol. The molecule has 0 aliphatic carbocycles. The molecule has 2 aromatic rings. The lowest BCUT2D eigenvalue weighted by molar-refractivity contribution is 0.622. The molecule has 0 aliphatic heterocycles. The zero-order valence-electron chi connectivity index (χ0n) is 6.99. The van der Waals surface area contributed by atoms with Crippen LogP contribution < -0.4 is 5.73 Å². The van der Waals surface area contributed by atoms with E-state index in [1.807, 2.05) is 0 Å². The maximum Gasteiger partial charge on any atom is 0.240 e. The number of aromatic nitrogens is 7. The first-order valence-electron chi connectivity index (χ1n) is 3.62. The SMILES string of the molecule is Cn1cnc(Cn2nnnc2N)n1. The van der Waals surface area contributed by atoms with E-state index < -0.39 is 0 Å². The Morgan fingerprint density at radius 3 is 2.92 bits per heavy atom. The zero-order valence-corrected chi connectivity index (χ0v) is 6.99. The molecular weight excluding hydrogens is 172 g/mol. The fourth-order valence-electron chi connectivity index (χ4n) is 0.914. The van der Waals surface area contributed by atoms with Crippen LogP contribution in [0.4, 0.5) is 5.95 Å². The van der Waals surface area contributed by atoms with E-state index in [-0.39, 0.29) is 5.95 Å². The average molecular weight is 180 g/mol. The first-order valence-corrected chi connectivity index (χ1v) is 3.62. The topological polar surface area (TPSA) is 100 Å². The number of aryl methyl sites for hydroxylation is 1. The van der Waals surface area contributed by atoms with Gasteiger partial charge in [0.15, 0.2) is 5.82 Å². The first kappa shape index (κ1) is 7.65. The minimum atomic E-state index is 0.257. The van der Waals surface area contributed by atoms with Gasteiger partial charge in [0, 0.05) is 7.05 Å². The van der Waals surface area contributed by atoms with Gasteiger partial charge < -0.3 is 5.73 Å². The summed E-state index contributed by atoms with van der Waals surface area (Å²) in [5.74, 6) is 0.883. The number of hydrogen-bond acceptors (Lipinski definition) is 6. The lowest BCUT2D eigenvalue weighted by Gasteiger charge is -1.95. The highest BCUT2D eigenvalue weighted by Gasteiger charge is 2.04. The van der Waals surface area contributed by atoms with Crippen LogP contribution in [0.2, 0.25) is 0 Å². The third-order valence-corrected chi connectivity index (χ3v) is 1.50. The van der Waals surface area contributed by atoms with Crippen molar-refractivity contribution >= 4 is 5.95 Å². The van der Waals surface area contributed by atoms with Gasteiger partial charge in [-0.1, -0.05) is 5.10 Å². The molecule has 13 heavy (non-hydrogen) atoms. The Hall–Kier alpha value is -1.99. The van der Waals surface area contributed by atoms with Gasteiger partial charge in [-0.2, -0.15) is 5.10 Å². The molecule has 0 aromatic carbocycles. The van der Waals surface area contributed by atoms with Crippen LogP contribution in [-0.4, -0.2) is 35.0 Å². The van der Waals surface area contributed by atoms with E-state index in [1.165, 1.54) is 4.68 Å². The van der Waals surface area contributed by atoms with Gasteiger partial charge in [-0.15, -0.1) is 0 Å². The van der Waals surface area contributed by atoms with Gasteiger partial charge in [0.25, 0.3) is 0 Å². The van der Waals surface area contributed by atoms with Crippen LogP contribution in [0.15, 0.2) is 6.33 Å². The molecule has 0 fully saturated rings. The van der Waals surface area contributed by atoms with E-state index >= 15 is 0 Å². The van der Waals surface area contributed by atoms with Crippen LogP contribution >= 0.6 is 0 Å².